The predicted molar refractivity (Wildman–Crippen MR) is 90.7 cm³/mol. The quantitative estimate of drug-likeness (QED) is 0.633. The van der Waals surface area contributed by atoms with Crippen LogP contribution >= 0.6 is 0 Å². The summed E-state index contributed by atoms with van der Waals surface area (Å²) in [6.45, 7) is 2.25. The van der Waals surface area contributed by atoms with Crippen molar-refractivity contribution in [3.63, 3.8) is 0 Å². The van der Waals surface area contributed by atoms with E-state index >= 15 is 0 Å². The molecule has 1 saturated carbocycles. The van der Waals surface area contributed by atoms with E-state index < -0.39 is 11.6 Å². The van der Waals surface area contributed by atoms with Gasteiger partial charge in [0.2, 0.25) is 0 Å². The SMILES string of the molecule is CCC1(c2ccccc2Cc2cccc(F)c2F)CCCCC1. The minimum absolute atomic E-state index is 0.207. The molecule has 0 nitrogen and oxygen atoms in total. The molecule has 3 rings (SSSR count). The lowest BCUT2D eigenvalue weighted by atomic mass is 9.66. The molecule has 0 aromatic heterocycles. The summed E-state index contributed by atoms with van der Waals surface area (Å²) >= 11 is 0. The summed E-state index contributed by atoms with van der Waals surface area (Å²) in [5.41, 5.74) is 3.13. The first-order valence-electron chi connectivity index (χ1n) is 8.67. The summed E-state index contributed by atoms with van der Waals surface area (Å²) in [6, 6.07) is 12.8. The van der Waals surface area contributed by atoms with Crippen LogP contribution in [-0.2, 0) is 11.8 Å². The highest BCUT2D eigenvalue weighted by Gasteiger charge is 2.33. The van der Waals surface area contributed by atoms with Gasteiger partial charge in [-0.3, -0.25) is 0 Å². The molecule has 0 amide bonds. The van der Waals surface area contributed by atoms with Gasteiger partial charge in [-0.2, -0.15) is 0 Å². The molecule has 2 heteroatoms. The van der Waals surface area contributed by atoms with E-state index in [1.54, 1.807) is 12.1 Å². The Bertz CT molecular complexity index is 669. The van der Waals surface area contributed by atoms with Crippen LogP contribution in [-0.4, -0.2) is 0 Å². The van der Waals surface area contributed by atoms with E-state index in [1.165, 1.54) is 43.7 Å². The number of hydrogen-bond donors (Lipinski definition) is 0. The predicted octanol–water partition coefficient (Wildman–Crippen LogP) is 6.17. The molecule has 2 aromatic rings. The lowest BCUT2D eigenvalue weighted by molar-refractivity contribution is 0.282. The Hall–Kier alpha value is -1.70. The fourth-order valence-corrected chi connectivity index (χ4v) is 4.12. The molecule has 0 unspecified atom stereocenters. The van der Waals surface area contributed by atoms with Crippen LogP contribution in [0.5, 0.6) is 0 Å². The second-order valence-corrected chi connectivity index (χ2v) is 6.74. The lowest BCUT2D eigenvalue weighted by Crippen LogP contribution is -2.29. The van der Waals surface area contributed by atoms with Crippen LogP contribution in [0.2, 0.25) is 0 Å². The molecule has 1 aliphatic carbocycles. The summed E-state index contributed by atoms with van der Waals surface area (Å²) < 4.78 is 27.6. The van der Waals surface area contributed by atoms with Gasteiger partial charge in [-0.25, -0.2) is 8.78 Å². The Morgan fingerprint density at radius 3 is 2.30 bits per heavy atom. The number of halogens is 2. The molecule has 0 N–H and O–H groups in total. The number of rotatable bonds is 4. The second-order valence-electron chi connectivity index (χ2n) is 6.74. The van der Waals surface area contributed by atoms with Crippen molar-refractivity contribution in [2.24, 2.45) is 0 Å². The van der Waals surface area contributed by atoms with Crippen molar-refractivity contribution in [3.05, 3.63) is 70.8 Å². The molecule has 2 aromatic carbocycles. The van der Waals surface area contributed by atoms with Crippen molar-refractivity contribution in [1.82, 2.24) is 0 Å². The molecular weight excluding hydrogens is 290 g/mol. The first-order chi connectivity index (χ1) is 11.2. The van der Waals surface area contributed by atoms with Crippen LogP contribution < -0.4 is 0 Å². The van der Waals surface area contributed by atoms with Gasteiger partial charge in [-0.05, 0) is 47.4 Å². The molecule has 23 heavy (non-hydrogen) atoms. The number of benzene rings is 2. The summed E-state index contributed by atoms with van der Waals surface area (Å²) in [6.07, 6.45) is 7.80. The van der Waals surface area contributed by atoms with E-state index in [-0.39, 0.29) is 5.41 Å². The van der Waals surface area contributed by atoms with E-state index in [0.717, 1.165) is 12.0 Å². The van der Waals surface area contributed by atoms with Gasteiger partial charge in [-0.15, -0.1) is 0 Å². The third-order valence-corrected chi connectivity index (χ3v) is 5.49. The van der Waals surface area contributed by atoms with Crippen molar-refractivity contribution in [2.75, 3.05) is 0 Å². The zero-order chi connectivity index (χ0) is 16.3. The third kappa shape index (κ3) is 3.17. The van der Waals surface area contributed by atoms with Gasteiger partial charge >= 0.3 is 0 Å². The van der Waals surface area contributed by atoms with E-state index in [4.69, 9.17) is 0 Å². The molecule has 0 atom stereocenters. The van der Waals surface area contributed by atoms with Gasteiger partial charge in [-0.1, -0.05) is 62.6 Å². The molecular formula is C21H24F2. The lowest BCUT2D eigenvalue weighted by Gasteiger charge is -2.38. The van der Waals surface area contributed by atoms with Gasteiger partial charge in [0, 0.05) is 6.42 Å². The van der Waals surface area contributed by atoms with E-state index in [0.29, 0.717) is 12.0 Å². The summed E-state index contributed by atoms with van der Waals surface area (Å²) in [5, 5.41) is 0. The van der Waals surface area contributed by atoms with Crippen molar-refractivity contribution in [2.45, 2.75) is 57.3 Å². The zero-order valence-electron chi connectivity index (χ0n) is 13.7. The molecule has 1 aliphatic rings. The molecule has 122 valence electrons. The van der Waals surface area contributed by atoms with Crippen molar-refractivity contribution < 1.29 is 8.78 Å². The standard InChI is InChI=1S/C21H24F2/c1-2-21(13-6-3-7-14-21)18-11-5-4-9-16(18)15-17-10-8-12-19(22)20(17)23/h4-5,8-12H,2-3,6-7,13-15H2,1H3. The summed E-state index contributed by atoms with van der Waals surface area (Å²) in [4.78, 5) is 0. The minimum Gasteiger partial charge on any atom is -0.204 e. The molecule has 0 radical (unpaired) electrons. The summed E-state index contributed by atoms with van der Waals surface area (Å²) in [7, 11) is 0. The molecule has 0 aliphatic heterocycles. The Labute approximate surface area is 137 Å². The van der Waals surface area contributed by atoms with E-state index in [1.807, 2.05) is 6.07 Å². The maximum Gasteiger partial charge on any atom is 0.162 e. The fraction of sp³-hybridized carbons (Fsp3) is 0.429. The molecule has 0 bridgehead atoms. The minimum atomic E-state index is -0.761. The fourth-order valence-electron chi connectivity index (χ4n) is 4.12. The maximum absolute atomic E-state index is 14.1. The normalized spacial score (nSPS) is 17.2. The Kier molecular flexibility index (Phi) is 4.79. The van der Waals surface area contributed by atoms with Crippen LogP contribution in [0.1, 0.15) is 62.1 Å². The highest BCUT2D eigenvalue weighted by atomic mass is 19.2. The summed E-state index contributed by atoms with van der Waals surface area (Å²) in [5.74, 6) is -1.47. The Balaban J connectivity index is 1.99. The van der Waals surface area contributed by atoms with E-state index in [2.05, 4.69) is 25.1 Å². The van der Waals surface area contributed by atoms with Crippen molar-refractivity contribution in [3.8, 4) is 0 Å². The van der Waals surface area contributed by atoms with Crippen molar-refractivity contribution >= 4 is 0 Å². The maximum atomic E-state index is 14.1. The van der Waals surface area contributed by atoms with Crippen LogP contribution in [0.25, 0.3) is 0 Å². The highest BCUT2D eigenvalue weighted by molar-refractivity contribution is 5.39. The Morgan fingerprint density at radius 1 is 0.870 bits per heavy atom. The molecule has 1 fully saturated rings. The average molecular weight is 314 g/mol. The highest BCUT2D eigenvalue weighted by Crippen LogP contribution is 2.43. The van der Waals surface area contributed by atoms with Gasteiger partial charge in [0.05, 0.1) is 0 Å². The van der Waals surface area contributed by atoms with Gasteiger partial charge < -0.3 is 0 Å². The molecule has 0 heterocycles. The van der Waals surface area contributed by atoms with Crippen LogP contribution in [0.3, 0.4) is 0 Å². The monoisotopic (exact) mass is 314 g/mol. The first kappa shape index (κ1) is 16.2. The van der Waals surface area contributed by atoms with Crippen LogP contribution in [0, 0.1) is 11.6 Å². The van der Waals surface area contributed by atoms with E-state index in [9.17, 15) is 8.78 Å². The second kappa shape index (κ2) is 6.82. The molecule has 0 spiro atoms. The third-order valence-electron chi connectivity index (χ3n) is 5.49. The topological polar surface area (TPSA) is 0 Å². The smallest absolute Gasteiger partial charge is 0.162 e. The van der Waals surface area contributed by atoms with Gasteiger partial charge in [0.25, 0.3) is 0 Å². The van der Waals surface area contributed by atoms with Crippen LogP contribution in [0.15, 0.2) is 42.5 Å². The number of hydrogen-bond acceptors (Lipinski definition) is 0. The van der Waals surface area contributed by atoms with Crippen LogP contribution in [0.4, 0.5) is 8.78 Å². The largest absolute Gasteiger partial charge is 0.204 e. The zero-order valence-corrected chi connectivity index (χ0v) is 13.7. The molecule has 0 saturated heterocycles. The average Bonchev–Trinajstić information content (AvgIpc) is 2.60. The first-order valence-corrected chi connectivity index (χ1v) is 8.67. The van der Waals surface area contributed by atoms with Crippen molar-refractivity contribution in [1.29, 1.82) is 0 Å². The van der Waals surface area contributed by atoms with Gasteiger partial charge in [0.15, 0.2) is 11.6 Å². The van der Waals surface area contributed by atoms with Gasteiger partial charge in [0.1, 0.15) is 0 Å². The Morgan fingerprint density at radius 2 is 1.57 bits per heavy atom.